The lowest BCUT2D eigenvalue weighted by Crippen LogP contribution is -2.27. The third kappa shape index (κ3) is 5.18. The number of nitrogens with zero attached hydrogens (tertiary/aromatic N) is 4. The molecular weight excluding hydrogens is 355 g/mol. The summed E-state index contributed by atoms with van der Waals surface area (Å²) in [4.78, 5) is 15.6. The maximum Gasteiger partial charge on any atom is 0.406 e. The van der Waals surface area contributed by atoms with E-state index in [2.05, 4.69) is 20.5 Å². The average Bonchev–Trinajstić information content (AvgIpc) is 3.32. The lowest BCUT2D eigenvalue weighted by atomic mass is 10.2. The summed E-state index contributed by atoms with van der Waals surface area (Å²) >= 11 is 0.945. The summed E-state index contributed by atoms with van der Waals surface area (Å²) in [6.45, 7) is -0.597. The smallest absolute Gasteiger partial charge is 0.355 e. The van der Waals surface area contributed by atoms with Crippen molar-refractivity contribution in [2.45, 2.75) is 30.7 Å². The van der Waals surface area contributed by atoms with Gasteiger partial charge in [-0.3, -0.25) is 14.3 Å². The summed E-state index contributed by atoms with van der Waals surface area (Å²) in [5, 5.41) is 10.5. The van der Waals surface area contributed by atoms with Crippen LogP contribution in [-0.4, -0.2) is 44.1 Å². The molecule has 0 atom stereocenters. The monoisotopic (exact) mass is 371 g/mol. The molecule has 0 aromatic carbocycles. The van der Waals surface area contributed by atoms with Crippen molar-refractivity contribution in [2.75, 3.05) is 12.3 Å². The number of amides is 1. The van der Waals surface area contributed by atoms with Gasteiger partial charge in [0.1, 0.15) is 6.54 Å². The fourth-order valence-corrected chi connectivity index (χ4v) is 2.96. The second-order valence-electron chi connectivity index (χ2n) is 5.78. The molecule has 1 saturated carbocycles. The molecule has 1 aliphatic carbocycles. The Morgan fingerprint density at radius 1 is 1.28 bits per heavy atom. The molecule has 6 nitrogen and oxygen atoms in total. The highest BCUT2D eigenvalue weighted by molar-refractivity contribution is 7.99. The van der Waals surface area contributed by atoms with Crippen molar-refractivity contribution < 1.29 is 18.0 Å². The third-order valence-electron chi connectivity index (χ3n) is 3.61. The number of hydrogen-bond acceptors (Lipinski definition) is 5. The molecule has 1 aliphatic rings. The number of alkyl halides is 3. The summed E-state index contributed by atoms with van der Waals surface area (Å²) in [7, 11) is 0. The van der Waals surface area contributed by atoms with Crippen molar-refractivity contribution in [2.24, 2.45) is 5.92 Å². The van der Waals surface area contributed by atoms with Gasteiger partial charge in [-0.2, -0.15) is 13.2 Å². The van der Waals surface area contributed by atoms with E-state index in [9.17, 15) is 18.0 Å². The predicted octanol–water partition coefficient (Wildman–Crippen LogP) is 2.52. The van der Waals surface area contributed by atoms with E-state index in [0.29, 0.717) is 18.0 Å². The number of rotatable bonds is 7. The highest BCUT2D eigenvalue weighted by Crippen LogP contribution is 2.29. The number of carbonyl (C=O) groups excluding carboxylic acids is 1. The largest absolute Gasteiger partial charge is 0.406 e. The van der Waals surface area contributed by atoms with Gasteiger partial charge in [0.15, 0.2) is 11.0 Å². The van der Waals surface area contributed by atoms with E-state index >= 15 is 0 Å². The van der Waals surface area contributed by atoms with Crippen LogP contribution in [-0.2, 0) is 11.3 Å². The minimum atomic E-state index is -4.42. The molecule has 0 aliphatic heterocycles. The van der Waals surface area contributed by atoms with Crippen LogP contribution in [0.25, 0.3) is 11.4 Å². The van der Waals surface area contributed by atoms with Crippen molar-refractivity contribution in [1.82, 2.24) is 25.1 Å². The van der Waals surface area contributed by atoms with Crippen LogP contribution in [0.15, 0.2) is 29.7 Å². The van der Waals surface area contributed by atoms with Crippen LogP contribution < -0.4 is 5.32 Å². The minimum Gasteiger partial charge on any atom is -0.355 e. The Labute approximate surface area is 146 Å². The molecule has 10 heteroatoms. The average molecular weight is 371 g/mol. The second kappa shape index (κ2) is 7.42. The summed E-state index contributed by atoms with van der Waals surface area (Å²) < 4.78 is 39.8. The normalized spacial score (nSPS) is 14.5. The van der Waals surface area contributed by atoms with Crippen LogP contribution in [0.4, 0.5) is 13.2 Å². The third-order valence-corrected chi connectivity index (χ3v) is 4.58. The molecule has 25 heavy (non-hydrogen) atoms. The Balaban J connectivity index is 1.73. The summed E-state index contributed by atoms with van der Waals surface area (Å²) in [6, 6.07) is 3.13. The van der Waals surface area contributed by atoms with E-state index in [4.69, 9.17) is 0 Å². The van der Waals surface area contributed by atoms with Gasteiger partial charge in [-0.25, -0.2) is 0 Å². The minimum absolute atomic E-state index is 0.000937. The topological polar surface area (TPSA) is 72.7 Å². The van der Waals surface area contributed by atoms with E-state index in [1.165, 1.54) is 12.4 Å². The standard InChI is InChI=1S/C15H16F3N5OS/c16-15(17,18)9-23-13(11-3-5-19-6-4-11)21-22-14(23)25-8-12(24)20-7-10-1-2-10/h3-6,10H,1-2,7-9H2,(H,20,24). The SMILES string of the molecule is O=C(CSc1nnc(-c2ccncc2)n1CC(F)(F)F)NCC1CC1. The van der Waals surface area contributed by atoms with Crippen LogP contribution in [0, 0.1) is 5.92 Å². The van der Waals surface area contributed by atoms with E-state index in [1.54, 1.807) is 12.1 Å². The van der Waals surface area contributed by atoms with Gasteiger partial charge >= 0.3 is 6.18 Å². The Bertz CT molecular complexity index is 731. The number of nitrogens with one attached hydrogen (secondary N) is 1. The van der Waals surface area contributed by atoms with E-state index < -0.39 is 12.7 Å². The maximum atomic E-state index is 12.9. The molecule has 0 unspecified atom stereocenters. The molecule has 2 aromatic heterocycles. The quantitative estimate of drug-likeness (QED) is 0.757. The number of halogens is 3. The molecule has 1 fully saturated rings. The summed E-state index contributed by atoms with van der Waals surface area (Å²) in [6.07, 6.45) is 0.749. The van der Waals surface area contributed by atoms with Crippen LogP contribution in [0.3, 0.4) is 0 Å². The summed E-state index contributed by atoms with van der Waals surface area (Å²) in [5.74, 6) is 0.421. The van der Waals surface area contributed by atoms with Crippen LogP contribution in [0.1, 0.15) is 12.8 Å². The maximum absolute atomic E-state index is 12.9. The van der Waals surface area contributed by atoms with Gasteiger partial charge in [0, 0.05) is 24.5 Å². The zero-order chi connectivity index (χ0) is 17.9. The van der Waals surface area contributed by atoms with E-state index in [1.807, 2.05) is 0 Å². The van der Waals surface area contributed by atoms with Crippen molar-refractivity contribution in [1.29, 1.82) is 0 Å². The van der Waals surface area contributed by atoms with E-state index in [0.717, 1.165) is 29.2 Å². The first-order valence-corrected chi connectivity index (χ1v) is 8.71. The lowest BCUT2D eigenvalue weighted by molar-refractivity contribution is -0.141. The van der Waals surface area contributed by atoms with Crippen molar-refractivity contribution in [3.8, 4) is 11.4 Å². The Morgan fingerprint density at radius 2 is 2.00 bits per heavy atom. The fourth-order valence-electron chi connectivity index (χ4n) is 2.19. The molecule has 2 aromatic rings. The summed E-state index contributed by atoms with van der Waals surface area (Å²) in [5.41, 5.74) is 0.483. The molecule has 0 spiro atoms. The van der Waals surface area contributed by atoms with Crippen molar-refractivity contribution in [3.05, 3.63) is 24.5 Å². The lowest BCUT2D eigenvalue weighted by Gasteiger charge is -2.12. The molecule has 2 heterocycles. The predicted molar refractivity (Wildman–Crippen MR) is 85.8 cm³/mol. The number of hydrogen-bond donors (Lipinski definition) is 1. The van der Waals surface area contributed by atoms with Crippen LogP contribution in [0.5, 0.6) is 0 Å². The molecular formula is C15H16F3N5OS. The van der Waals surface area contributed by atoms with Crippen molar-refractivity contribution in [3.63, 3.8) is 0 Å². The zero-order valence-electron chi connectivity index (χ0n) is 13.2. The zero-order valence-corrected chi connectivity index (χ0v) is 14.0. The second-order valence-corrected chi connectivity index (χ2v) is 6.72. The van der Waals surface area contributed by atoms with Gasteiger partial charge < -0.3 is 5.32 Å². The fraction of sp³-hybridized carbons (Fsp3) is 0.467. The number of thioether (sulfide) groups is 1. The highest BCUT2D eigenvalue weighted by Gasteiger charge is 2.31. The Kier molecular flexibility index (Phi) is 5.26. The molecule has 1 N–H and O–H groups in total. The first kappa shape index (κ1) is 17.7. The van der Waals surface area contributed by atoms with Crippen LogP contribution in [0.2, 0.25) is 0 Å². The highest BCUT2D eigenvalue weighted by atomic mass is 32.2. The van der Waals surface area contributed by atoms with Gasteiger partial charge in [0.2, 0.25) is 5.91 Å². The first-order valence-electron chi connectivity index (χ1n) is 7.72. The molecule has 0 radical (unpaired) electrons. The number of aromatic nitrogens is 4. The van der Waals surface area contributed by atoms with Gasteiger partial charge in [-0.05, 0) is 30.9 Å². The number of carbonyl (C=O) groups is 1. The van der Waals surface area contributed by atoms with Gasteiger partial charge in [-0.15, -0.1) is 10.2 Å². The molecule has 0 bridgehead atoms. The molecule has 1 amide bonds. The van der Waals surface area contributed by atoms with Gasteiger partial charge in [-0.1, -0.05) is 11.8 Å². The van der Waals surface area contributed by atoms with Gasteiger partial charge in [0.05, 0.1) is 5.75 Å². The Hall–Kier alpha value is -2.10. The van der Waals surface area contributed by atoms with Gasteiger partial charge in [0.25, 0.3) is 0 Å². The Morgan fingerprint density at radius 3 is 2.64 bits per heavy atom. The number of pyridine rings is 1. The molecule has 3 rings (SSSR count). The van der Waals surface area contributed by atoms with Crippen LogP contribution >= 0.6 is 11.8 Å². The first-order chi connectivity index (χ1) is 11.9. The van der Waals surface area contributed by atoms with Crippen molar-refractivity contribution >= 4 is 17.7 Å². The molecule has 0 saturated heterocycles. The van der Waals surface area contributed by atoms with E-state index in [-0.39, 0.29) is 22.6 Å². The molecule has 134 valence electrons.